The number of anilines is 1. The number of aryl methyl sites for hydroxylation is 3. The smallest absolute Gasteiger partial charge is 0.140 e. The monoisotopic (exact) mass is 485 g/mol. The van der Waals surface area contributed by atoms with Gasteiger partial charge in [0.25, 0.3) is 0 Å². The summed E-state index contributed by atoms with van der Waals surface area (Å²) in [4.78, 5) is 7.00. The minimum absolute atomic E-state index is 0.156. The lowest BCUT2D eigenvalue weighted by Crippen LogP contribution is -2.30. The van der Waals surface area contributed by atoms with Gasteiger partial charge in [0.1, 0.15) is 23.7 Å². The van der Waals surface area contributed by atoms with Crippen molar-refractivity contribution in [2.45, 2.75) is 39.3 Å². The molecule has 0 spiro atoms. The van der Waals surface area contributed by atoms with Gasteiger partial charge in [-0.15, -0.1) is 0 Å². The predicted molar refractivity (Wildman–Crippen MR) is 150 cm³/mol. The molecule has 184 valence electrons. The molecule has 0 radical (unpaired) electrons. The molecule has 5 aromatic rings. The first-order chi connectivity index (χ1) is 18.1. The molecule has 1 aromatic heterocycles. The van der Waals surface area contributed by atoms with E-state index in [0.717, 1.165) is 34.8 Å². The molecule has 1 aliphatic rings. The maximum Gasteiger partial charge on any atom is 0.140 e. The SMILES string of the molecule is Cc1ccc([C@@H]2c3c(-c4ccccc4)oc(C)c3C[C@H](c3ccccc3)ON2c2ccc(C)cc2)cc1. The second kappa shape index (κ2) is 9.76. The van der Waals surface area contributed by atoms with E-state index in [1.807, 2.05) is 6.07 Å². The van der Waals surface area contributed by atoms with Crippen LogP contribution < -0.4 is 5.06 Å². The van der Waals surface area contributed by atoms with Gasteiger partial charge < -0.3 is 4.42 Å². The van der Waals surface area contributed by atoms with Crippen LogP contribution >= 0.6 is 0 Å². The first-order valence-corrected chi connectivity index (χ1v) is 12.9. The average molecular weight is 486 g/mol. The van der Waals surface area contributed by atoms with Crippen molar-refractivity contribution in [2.24, 2.45) is 0 Å². The topological polar surface area (TPSA) is 25.6 Å². The summed E-state index contributed by atoms with van der Waals surface area (Å²) >= 11 is 0. The molecule has 2 heterocycles. The summed E-state index contributed by atoms with van der Waals surface area (Å²) < 4.78 is 6.59. The zero-order chi connectivity index (χ0) is 25.4. The lowest BCUT2D eigenvalue weighted by molar-refractivity contribution is 0.0260. The van der Waals surface area contributed by atoms with Crippen LogP contribution in [0.15, 0.2) is 114 Å². The third-order valence-corrected chi connectivity index (χ3v) is 7.28. The molecule has 0 saturated heterocycles. The maximum atomic E-state index is 7.00. The van der Waals surface area contributed by atoms with E-state index in [4.69, 9.17) is 9.25 Å². The number of furan rings is 1. The van der Waals surface area contributed by atoms with Crippen LogP contribution in [-0.2, 0) is 11.3 Å². The van der Waals surface area contributed by atoms with Crippen molar-refractivity contribution in [3.63, 3.8) is 0 Å². The van der Waals surface area contributed by atoms with Gasteiger partial charge in [0.15, 0.2) is 0 Å². The van der Waals surface area contributed by atoms with Crippen molar-refractivity contribution in [1.29, 1.82) is 0 Å². The first-order valence-electron chi connectivity index (χ1n) is 12.9. The predicted octanol–water partition coefficient (Wildman–Crippen LogP) is 8.70. The number of hydrogen-bond donors (Lipinski definition) is 0. The Labute approximate surface area is 218 Å². The largest absolute Gasteiger partial charge is 0.461 e. The Bertz CT molecular complexity index is 1490. The molecule has 37 heavy (non-hydrogen) atoms. The van der Waals surface area contributed by atoms with Crippen molar-refractivity contribution in [3.05, 3.63) is 148 Å². The number of benzene rings is 4. The van der Waals surface area contributed by atoms with Crippen LogP contribution in [0, 0.1) is 20.8 Å². The van der Waals surface area contributed by atoms with Crippen molar-refractivity contribution in [1.82, 2.24) is 0 Å². The van der Waals surface area contributed by atoms with E-state index < -0.39 is 0 Å². The van der Waals surface area contributed by atoms with Gasteiger partial charge in [0, 0.05) is 23.1 Å². The summed E-state index contributed by atoms with van der Waals surface area (Å²) in [7, 11) is 0. The van der Waals surface area contributed by atoms with E-state index >= 15 is 0 Å². The summed E-state index contributed by atoms with van der Waals surface area (Å²) in [5.74, 6) is 1.86. The van der Waals surface area contributed by atoms with Crippen molar-refractivity contribution >= 4 is 5.69 Å². The Kier molecular flexibility index (Phi) is 6.15. The fourth-order valence-corrected chi connectivity index (χ4v) is 5.28. The highest BCUT2D eigenvalue weighted by Gasteiger charge is 2.38. The fourth-order valence-electron chi connectivity index (χ4n) is 5.28. The summed E-state index contributed by atoms with van der Waals surface area (Å²) in [6.45, 7) is 6.32. The van der Waals surface area contributed by atoms with Gasteiger partial charge >= 0.3 is 0 Å². The quantitative estimate of drug-likeness (QED) is 0.255. The van der Waals surface area contributed by atoms with Gasteiger partial charge in [-0.2, -0.15) is 0 Å². The normalized spacial score (nSPS) is 17.3. The lowest BCUT2D eigenvalue weighted by Gasteiger charge is -2.34. The van der Waals surface area contributed by atoms with Crippen molar-refractivity contribution in [2.75, 3.05) is 5.06 Å². The number of fused-ring (bicyclic) bond motifs is 1. The molecule has 3 nitrogen and oxygen atoms in total. The highest BCUT2D eigenvalue weighted by molar-refractivity contribution is 5.68. The van der Waals surface area contributed by atoms with E-state index in [9.17, 15) is 0 Å². The molecule has 6 rings (SSSR count). The second-order valence-electron chi connectivity index (χ2n) is 9.93. The molecule has 2 atom stereocenters. The van der Waals surface area contributed by atoms with E-state index in [1.165, 1.54) is 27.8 Å². The third-order valence-electron chi connectivity index (χ3n) is 7.28. The zero-order valence-corrected chi connectivity index (χ0v) is 21.5. The third kappa shape index (κ3) is 4.47. The lowest BCUT2D eigenvalue weighted by atomic mass is 9.89. The van der Waals surface area contributed by atoms with Gasteiger partial charge in [-0.25, -0.2) is 5.06 Å². The zero-order valence-electron chi connectivity index (χ0n) is 21.5. The highest BCUT2D eigenvalue weighted by atomic mass is 16.7. The molecular weight excluding hydrogens is 454 g/mol. The Hall–Kier alpha value is -4.08. The van der Waals surface area contributed by atoms with E-state index in [1.54, 1.807) is 0 Å². The van der Waals surface area contributed by atoms with Crippen molar-refractivity contribution < 1.29 is 9.25 Å². The molecule has 0 unspecified atom stereocenters. The Morgan fingerprint density at radius 3 is 1.89 bits per heavy atom. The van der Waals surface area contributed by atoms with Crippen LogP contribution in [0.3, 0.4) is 0 Å². The Morgan fingerprint density at radius 1 is 0.649 bits per heavy atom. The van der Waals surface area contributed by atoms with E-state index in [-0.39, 0.29) is 12.1 Å². The Morgan fingerprint density at radius 2 is 1.24 bits per heavy atom. The fraction of sp³-hybridized carbons (Fsp3) is 0.176. The van der Waals surface area contributed by atoms with Crippen LogP contribution in [0.25, 0.3) is 11.3 Å². The molecule has 0 aliphatic carbocycles. The molecule has 0 bridgehead atoms. The molecule has 0 N–H and O–H groups in total. The molecule has 0 fully saturated rings. The molecule has 1 aliphatic heterocycles. The highest BCUT2D eigenvalue weighted by Crippen LogP contribution is 2.47. The molecule has 3 heteroatoms. The molecule has 0 amide bonds. The van der Waals surface area contributed by atoms with Crippen LogP contribution in [-0.4, -0.2) is 0 Å². The standard InChI is InChI=1S/C34H31NO2/c1-23-14-18-27(19-15-23)33-32-30(25(3)36-34(32)28-12-8-5-9-13-28)22-31(26-10-6-4-7-11-26)37-35(33)29-20-16-24(2)17-21-29/h4-21,31,33H,22H2,1-3H3/t31-,33-/m1/s1. The molecular formula is C34H31NO2. The second-order valence-corrected chi connectivity index (χ2v) is 9.93. The van der Waals surface area contributed by atoms with Gasteiger partial charge in [0.2, 0.25) is 0 Å². The summed E-state index contributed by atoms with van der Waals surface area (Å²) in [6.07, 6.45) is 0.573. The minimum atomic E-state index is -0.181. The minimum Gasteiger partial charge on any atom is -0.461 e. The van der Waals surface area contributed by atoms with Gasteiger partial charge in [0.05, 0.1) is 5.69 Å². The molecule has 0 saturated carbocycles. The average Bonchev–Trinajstić information content (AvgIpc) is 3.14. The maximum absolute atomic E-state index is 7.00. The Balaban J connectivity index is 1.63. The molecule has 4 aromatic carbocycles. The van der Waals surface area contributed by atoms with Crippen LogP contribution in [0.5, 0.6) is 0 Å². The van der Waals surface area contributed by atoms with Crippen LogP contribution in [0.1, 0.15) is 51.3 Å². The number of hydrogen-bond acceptors (Lipinski definition) is 3. The van der Waals surface area contributed by atoms with Gasteiger partial charge in [-0.05, 0) is 44.0 Å². The van der Waals surface area contributed by atoms with Crippen molar-refractivity contribution in [3.8, 4) is 11.3 Å². The van der Waals surface area contributed by atoms with Gasteiger partial charge in [-0.1, -0.05) is 108 Å². The van der Waals surface area contributed by atoms with E-state index in [2.05, 4.69) is 129 Å². The van der Waals surface area contributed by atoms with Crippen LogP contribution in [0.4, 0.5) is 5.69 Å². The summed E-state index contributed by atoms with van der Waals surface area (Å²) in [5.41, 5.74) is 9.24. The van der Waals surface area contributed by atoms with E-state index in [0.29, 0.717) is 0 Å². The summed E-state index contributed by atoms with van der Waals surface area (Å²) in [5, 5.41) is 2.11. The van der Waals surface area contributed by atoms with Gasteiger partial charge in [-0.3, -0.25) is 4.84 Å². The first kappa shape index (κ1) is 23.3. The summed E-state index contributed by atoms with van der Waals surface area (Å²) in [6, 6.07) is 38.1. The number of hydroxylamine groups is 1. The van der Waals surface area contributed by atoms with Crippen LogP contribution in [0.2, 0.25) is 0 Å². The number of rotatable bonds is 4. The number of nitrogens with zero attached hydrogens (tertiary/aromatic N) is 1.